The smallest absolute Gasteiger partial charge is 0.241 e. The molecule has 5 nitrogen and oxygen atoms in total. The highest BCUT2D eigenvalue weighted by Gasteiger charge is 2.21. The van der Waals surface area contributed by atoms with E-state index in [1.165, 1.54) is 0 Å². The third kappa shape index (κ3) is 4.69. The zero-order valence-electron chi connectivity index (χ0n) is 13.3. The first-order valence-corrected chi connectivity index (χ1v) is 8.22. The van der Waals surface area contributed by atoms with E-state index in [-0.39, 0.29) is 18.2 Å². The van der Waals surface area contributed by atoms with E-state index < -0.39 is 0 Å². The molecule has 0 bridgehead atoms. The fourth-order valence-electron chi connectivity index (χ4n) is 2.35. The van der Waals surface area contributed by atoms with Crippen molar-refractivity contribution in [3.8, 4) is 5.75 Å². The van der Waals surface area contributed by atoms with Crippen molar-refractivity contribution in [1.82, 2.24) is 10.2 Å². The third-order valence-corrected chi connectivity index (χ3v) is 4.55. The van der Waals surface area contributed by atoms with Gasteiger partial charge >= 0.3 is 0 Å². The second-order valence-corrected chi connectivity index (χ2v) is 6.49. The number of amides is 1. The number of benzene rings is 1. The predicted octanol–water partition coefficient (Wildman–Crippen LogP) is 2.77. The first-order valence-electron chi connectivity index (χ1n) is 7.46. The molecule has 7 heteroatoms. The Kier molecular flexibility index (Phi) is 6.02. The van der Waals surface area contributed by atoms with Crippen LogP contribution >= 0.6 is 23.2 Å². The maximum Gasteiger partial charge on any atom is 0.241 e. The number of hydrogen-bond donors (Lipinski definition) is 2. The highest BCUT2D eigenvalue weighted by Crippen LogP contribution is 2.28. The first kappa shape index (κ1) is 17.8. The van der Waals surface area contributed by atoms with Crippen LogP contribution in [-0.2, 0) is 4.79 Å². The minimum absolute atomic E-state index is 0.0564. The molecule has 2 rings (SSSR count). The number of nitrogens with zero attached hydrogens (tertiary/aromatic N) is 2. The van der Waals surface area contributed by atoms with Crippen molar-refractivity contribution in [2.24, 2.45) is 0 Å². The molecule has 0 unspecified atom stereocenters. The van der Waals surface area contributed by atoms with Gasteiger partial charge in [-0.3, -0.25) is 4.79 Å². The van der Waals surface area contributed by atoms with Crippen molar-refractivity contribution in [2.75, 3.05) is 37.6 Å². The summed E-state index contributed by atoms with van der Waals surface area (Å²) in [4.78, 5) is 16.1. The minimum Gasteiger partial charge on any atom is -0.506 e. The summed E-state index contributed by atoms with van der Waals surface area (Å²) in [5, 5.41) is 13.7. The fraction of sp³-hybridized carbons (Fsp3) is 0.438. The van der Waals surface area contributed by atoms with Crippen LogP contribution in [0, 0.1) is 0 Å². The van der Waals surface area contributed by atoms with Crippen molar-refractivity contribution in [3.63, 3.8) is 0 Å². The highest BCUT2D eigenvalue weighted by molar-refractivity contribution is 6.32. The average molecular weight is 358 g/mol. The molecule has 1 aromatic rings. The maximum absolute atomic E-state index is 12.2. The summed E-state index contributed by atoms with van der Waals surface area (Å²) in [5.74, 6) is 0.131. The molecule has 1 saturated heterocycles. The molecule has 1 aliphatic rings. The number of allylic oxidation sites excluding steroid dienone is 2. The van der Waals surface area contributed by atoms with E-state index in [0.717, 1.165) is 24.5 Å². The van der Waals surface area contributed by atoms with Gasteiger partial charge in [0.1, 0.15) is 5.75 Å². The molecule has 126 valence electrons. The van der Waals surface area contributed by atoms with E-state index in [2.05, 4.69) is 10.2 Å². The number of carbonyl (C=O) groups excluding carboxylic acids is 1. The second kappa shape index (κ2) is 7.79. The summed E-state index contributed by atoms with van der Waals surface area (Å²) < 4.78 is 0. The molecule has 0 atom stereocenters. The Labute approximate surface area is 146 Å². The Morgan fingerprint density at radius 3 is 2.48 bits per heavy atom. The van der Waals surface area contributed by atoms with E-state index in [1.807, 2.05) is 17.9 Å². The Hall–Kier alpha value is -1.59. The number of carbonyl (C=O) groups is 1. The van der Waals surface area contributed by atoms with E-state index in [9.17, 15) is 9.90 Å². The van der Waals surface area contributed by atoms with Crippen molar-refractivity contribution in [3.05, 3.63) is 34.0 Å². The second-order valence-electron chi connectivity index (χ2n) is 5.52. The maximum atomic E-state index is 12.2. The van der Waals surface area contributed by atoms with E-state index in [1.54, 1.807) is 19.1 Å². The van der Waals surface area contributed by atoms with Crippen LogP contribution in [0.5, 0.6) is 5.75 Å². The molecule has 1 heterocycles. The van der Waals surface area contributed by atoms with Gasteiger partial charge in [-0.25, -0.2) is 0 Å². The third-order valence-electron chi connectivity index (χ3n) is 3.95. The molecule has 0 saturated carbocycles. The van der Waals surface area contributed by atoms with Gasteiger partial charge < -0.3 is 20.2 Å². The van der Waals surface area contributed by atoms with Crippen molar-refractivity contribution >= 4 is 34.8 Å². The number of aromatic hydroxyl groups is 1. The average Bonchev–Trinajstić information content (AvgIpc) is 2.54. The lowest BCUT2D eigenvalue weighted by Gasteiger charge is -2.36. The number of hydrogen-bond acceptors (Lipinski definition) is 4. The first-order chi connectivity index (χ1) is 10.9. The van der Waals surface area contributed by atoms with Crippen LogP contribution < -0.4 is 10.2 Å². The highest BCUT2D eigenvalue weighted by atomic mass is 35.5. The Balaban J connectivity index is 1.87. The van der Waals surface area contributed by atoms with Crippen LogP contribution in [-0.4, -0.2) is 48.6 Å². The number of piperazine rings is 1. The van der Waals surface area contributed by atoms with Crippen LogP contribution in [0.15, 0.2) is 28.9 Å². The summed E-state index contributed by atoms with van der Waals surface area (Å²) in [5.41, 5.74) is 1.73. The summed E-state index contributed by atoms with van der Waals surface area (Å²) in [7, 11) is 0. The van der Waals surface area contributed by atoms with Gasteiger partial charge in [0, 0.05) is 48.7 Å². The number of halogens is 2. The molecule has 23 heavy (non-hydrogen) atoms. The van der Waals surface area contributed by atoms with E-state index in [0.29, 0.717) is 23.1 Å². The van der Waals surface area contributed by atoms with Gasteiger partial charge in [-0.1, -0.05) is 23.2 Å². The molecule has 1 amide bonds. The topological polar surface area (TPSA) is 55.8 Å². The molecule has 1 fully saturated rings. The quantitative estimate of drug-likeness (QED) is 0.869. The number of anilines is 1. The molecule has 0 aromatic heterocycles. The Bertz CT molecular complexity index is 607. The van der Waals surface area contributed by atoms with Gasteiger partial charge in [0.15, 0.2) is 0 Å². The van der Waals surface area contributed by atoms with Gasteiger partial charge in [0.25, 0.3) is 0 Å². The summed E-state index contributed by atoms with van der Waals surface area (Å²) in [6.07, 6.45) is 0. The molecular formula is C16H21Cl2N3O2. The fourth-order valence-corrected chi connectivity index (χ4v) is 2.54. The number of nitrogens with one attached hydrogen (secondary N) is 1. The SMILES string of the molecule is C/C(Cl)=C(/C)NCC(=O)N1CCN(c2ccc(Cl)c(O)c2)CC1. The largest absolute Gasteiger partial charge is 0.506 e. The van der Waals surface area contributed by atoms with Crippen LogP contribution in [0.25, 0.3) is 0 Å². The van der Waals surface area contributed by atoms with E-state index >= 15 is 0 Å². The normalized spacial score (nSPS) is 16.2. The van der Waals surface area contributed by atoms with Crippen molar-refractivity contribution < 1.29 is 9.90 Å². The summed E-state index contributed by atoms with van der Waals surface area (Å²) >= 11 is 11.7. The van der Waals surface area contributed by atoms with Gasteiger partial charge in [-0.2, -0.15) is 0 Å². The Morgan fingerprint density at radius 1 is 1.26 bits per heavy atom. The lowest BCUT2D eigenvalue weighted by atomic mass is 10.2. The van der Waals surface area contributed by atoms with Crippen LogP contribution in [0.1, 0.15) is 13.8 Å². The van der Waals surface area contributed by atoms with Gasteiger partial charge in [-0.15, -0.1) is 0 Å². The lowest BCUT2D eigenvalue weighted by Crippen LogP contribution is -2.50. The van der Waals surface area contributed by atoms with Gasteiger partial charge in [0.05, 0.1) is 11.6 Å². The molecule has 1 aromatic carbocycles. The summed E-state index contributed by atoms with van der Waals surface area (Å²) in [6, 6.07) is 5.20. The van der Waals surface area contributed by atoms with Crippen molar-refractivity contribution in [2.45, 2.75) is 13.8 Å². The zero-order valence-corrected chi connectivity index (χ0v) is 14.8. The molecular weight excluding hydrogens is 337 g/mol. The van der Waals surface area contributed by atoms with Crippen LogP contribution in [0.3, 0.4) is 0 Å². The van der Waals surface area contributed by atoms with E-state index in [4.69, 9.17) is 23.2 Å². The van der Waals surface area contributed by atoms with Crippen molar-refractivity contribution in [1.29, 1.82) is 0 Å². The number of phenolic OH excluding ortho intramolecular Hbond substituents is 1. The Morgan fingerprint density at radius 2 is 1.91 bits per heavy atom. The monoisotopic (exact) mass is 357 g/mol. The van der Waals surface area contributed by atoms with Crippen LogP contribution in [0.2, 0.25) is 5.02 Å². The predicted molar refractivity (Wildman–Crippen MR) is 94.1 cm³/mol. The number of phenols is 1. The number of rotatable bonds is 4. The lowest BCUT2D eigenvalue weighted by molar-refractivity contribution is -0.130. The minimum atomic E-state index is 0.0564. The van der Waals surface area contributed by atoms with Gasteiger partial charge in [0.2, 0.25) is 5.91 Å². The molecule has 0 aliphatic carbocycles. The summed E-state index contributed by atoms with van der Waals surface area (Å²) in [6.45, 7) is 6.61. The molecule has 2 N–H and O–H groups in total. The van der Waals surface area contributed by atoms with Gasteiger partial charge in [-0.05, 0) is 26.0 Å². The molecule has 1 aliphatic heterocycles. The van der Waals surface area contributed by atoms with Crippen LogP contribution in [0.4, 0.5) is 5.69 Å². The zero-order chi connectivity index (χ0) is 17.0. The standard InChI is InChI=1S/C16H21Cl2N3O2/c1-11(17)12(2)19-10-16(23)21-7-5-20(6-8-21)13-3-4-14(18)15(22)9-13/h3-4,9,19,22H,5-8,10H2,1-2H3/b12-11+. The molecule has 0 spiro atoms. The molecule has 0 radical (unpaired) electrons.